The first kappa shape index (κ1) is 14.3. The molecule has 1 aromatic rings. The predicted molar refractivity (Wildman–Crippen MR) is 82.8 cm³/mol. The van der Waals surface area contributed by atoms with E-state index in [1.807, 2.05) is 6.20 Å². The quantitative estimate of drug-likeness (QED) is 0.879. The number of aromatic nitrogens is 1. The smallest absolute Gasteiger partial charge is 0.223 e. The number of hydrogen-bond donors (Lipinski definition) is 2. The fourth-order valence-corrected chi connectivity index (χ4v) is 3.24. The molecule has 2 heterocycles. The van der Waals surface area contributed by atoms with Crippen molar-refractivity contribution in [2.45, 2.75) is 44.7 Å². The molecule has 1 aliphatic carbocycles. The Morgan fingerprint density at radius 1 is 1.33 bits per heavy atom. The van der Waals surface area contributed by atoms with Crippen LogP contribution in [0.1, 0.15) is 37.7 Å². The Balaban J connectivity index is 1.50. The first-order valence-corrected chi connectivity index (χ1v) is 7.95. The van der Waals surface area contributed by atoms with Crippen molar-refractivity contribution in [2.24, 2.45) is 11.7 Å². The second-order valence-corrected chi connectivity index (χ2v) is 6.21. The lowest BCUT2D eigenvalue weighted by molar-refractivity contribution is -0.125. The molecule has 1 saturated heterocycles. The van der Waals surface area contributed by atoms with E-state index in [1.54, 1.807) is 0 Å². The van der Waals surface area contributed by atoms with Crippen molar-refractivity contribution in [3.8, 4) is 0 Å². The van der Waals surface area contributed by atoms with E-state index in [-0.39, 0.29) is 17.9 Å². The van der Waals surface area contributed by atoms with Crippen LogP contribution in [0, 0.1) is 5.92 Å². The van der Waals surface area contributed by atoms with Gasteiger partial charge in [-0.25, -0.2) is 4.98 Å². The molecule has 0 aromatic carbocycles. The summed E-state index contributed by atoms with van der Waals surface area (Å²) in [6, 6.07) is 4.31. The average Bonchev–Trinajstić information content (AvgIpc) is 3.16. The maximum absolute atomic E-state index is 12.0. The number of nitrogens with one attached hydrogen (secondary N) is 1. The van der Waals surface area contributed by atoms with Gasteiger partial charge in [0, 0.05) is 37.8 Å². The van der Waals surface area contributed by atoms with Crippen LogP contribution in [0.4, 0.5) is 5.82 Å². The highest BCUT2D eigenvalue weighted by atomic mass is 16.1. The van der Waals surface area contributed by atoms with Crippen LogP contribution in [0.3, 0.4) is 0 Å². The van der Waals surface area contributed by atoms with Gasteiger partial charge in [0.1, 0.15) is 5.82 Å². The highest BCUT2D eigenvalue weighted by molar-refractivity contribution is 5.79. The highest BCUT2D eigenvalue weighted by Crippen LogP contribution is 2.24. The van der Waals surface area contributed by atoms with Crippen molar-refractivity contribution in [3.05, 3.63) is 23.9 Å². The van der Waals surface area contributed by atoms with Gasteiger partial charge in [-0.15, -0.1) is 0 Å². The third-order valence-corrected chi connectivity index (χ3v) is 4.55. The second kappa shape index (κ2) is 6.43. The molecule has 114 valence electrons. The number of nitrogens with zero attached hydrogens (tertiary/aromatic N) is 2. The van der Waals surface area contributed by atoms with E-state index in [0.29, 0.717) is 6.54 Å². The Morgan fingerprint density at radius 3 is 2.76 bits per heavy atom. The summed E-state index contributed by atoms with van der Waals surface area (Å²) in [6.07, 6.45) is 7.07. The maximum atomic E-state index is 12.0. The fourth-order valence-electron chi connectivity index (χ4n) is 3.24. The largest absolute Gasteiger partial charge is 0.357 e. The topological polar surface area (TPSA) is 71.2 Å². The van der Waals surface area contributed by atoms with Gasteiger partial charge in [0.05, 0.1) is 0 Å². The second-order valence-electron chi connectivity index (χ2n) is 6.21. The molecule has 2 unspecified atom stereocenters. The molecule has 2 fully saturated rings. The minimum atomic E-state index is 0.0943. The summed E-state index contributed by atoms with van der Waals surface area (Å²) in [4.78, 5) is 18.9. The summed E-state index contributed by atoms with van der Waals surface area (Å²) in [5, 5.41) is 3.00. The molecular weight excluding hydrogens is 264 g/mol. The molecule has 1 aliphatic heterocycles. The van der Waals surface area contributed by atoms with E-state index in [2.05, 4.69) is 27.3 Å². The number of rotatable bonds is 4. The molecule has 21 heavy (non-hydrogen) atoms. The molecule has 5 heteroatoms. The van der Waals surface area contributed by atoms with Crippen LogP contribution in [0.15, 0.2) is 18.3 Å². The van der Waals surface area contributed by atoms with Crippen molar-refractivity contribution in [3.63, 3.8) is 0 Å². The molecule has 1 amide bonds. The zero-order valence-electron chi connectivity index (χ0n) is 12.4. The minimum absolute atomic E-state index is 0.0943. The highest BCUT2D eigenvalue weighted by Gasteiger charge is 2.27. The molecule has 3 rings (SSSR count). The van der Waals surface area contributed by atoms with E-state index >= 15 is 0 Å². The van der Waals surface area contributed by atoms with Gasteiger partial charge in [-0.05, 0) is 43.7 Å². The van der Waals surface area contributed by atoms with Gasteiger partial charge in [-0.2, -0.15) is 0 Å². The molecule has 0 spiro atoms. The molecule has 1 aromatic heterocycles. The Labute approximate surface area is 125 Å². The van der Waals surface area contributed by atoms with Crippen molar-refractivity contribution < 1.29 is 4.79 Å². The Hall–Kier alpha value is -1.62. The predicted octanol–water partition coefficient (Wildman–Crippen LogP) is 1.43. The van der Waals surface area contributed by atoms with Crippen LogP contribution in [-0.4, -0.2) is 30.0 Å². The summed E-state index contributed by atoms with van der Waals surface area (Å²) in [7, 11) is 0. The first-order chi connectivity index (χ1) is 10.2. The standard InChI is InChI=1S/C16H24N4O/c17-14-5-4-13(9-14)16(21)19-11-12-3-6-15(18-10-12)20-7-1-2-8-20/h3,6,10,13-14H,1-2,4-5,7-9,11,17H2,(H,19,21). The van der Waals surface area contributed by atoms with Crippen LogP contribution in [0.5, 0.6) is 0 Å². The lowest BCUT2D eigenvalue weighted by Crippen LogP contribution is -2.30. The third kappa shape index (κ3) is 3.53. The first-order valence-electron chi connectivity index (χ1n) is 7.95. The van der Waals surface area contributed by atoms with Gasteiger partial charge in [0.2, 0.25) is 5.91 Å². The average molecular weight is 288 g/mol. The zero-order chi connectivity index (χ0) is 14.7. The van der Waals surface area contributed by atoms with Gasteiger partial charge in [-0.3, -0.25) is 4.79 Å². The minimum Gasteiger partial charge on any atom is -0.357 e. The number of carbonyl (C=O) groups excluding carboxylic acids is 1. The van der Waals surface area contributed by atoms with Crippen molar-refractivity contribution in [1.82, 2.24) is 10.3 Å². The lowest BCUT2D eigenvalue weighted by Gasteiger charge is -2.16. The molecular formula is C16H24N4O. The number of nitrogens with two attached hydrogens (primary N) is 1. The summed E-state index contributed by atoms with van der Waals surface area (Å²) in [5.74, 6) is 1.27. The van der Waals surface area contributed by atoms with E-state index in [0.717, 1.165) is 43.7 Å². The van der Waals surface area contributed by atoms with E-state index < -0.39 is 0 Å². The molecule has 5 nitrogen and oxygen atoms in total. The molecule has 3 N–H and O–H groups in total. The third-order valence-electron chi connectivity index (χ3n) is 4.55. The summed E-state index contributed by atoms with van der Waals surface area (Å²) in [6.45, 7) is 2.76. The summed E-state index contributed by atoms with van der Waals surface area (Å²) < 4.78 is 0. The Morgan fingerprint density at radius 2 is 2.14 bits per heavy atom. The van der Waals surface area contributed by atoms with Gasteiger partial charge in [0.25, 0.3) is 0 Å². The van der Waals surface area contributed by atoms with Crippen molar-refractivity contribution in [2.75, 3.05) is 18.0 Å². The number of anilines is 1. The van der Waals surface area contributed by atoms with Gasteiger partial charge in [0.15, 0.2) is 0 Å². The summed E-state index contributed by atoms with van der Waals surface area (Å²) in [5.41, 5.74) is 6.90. The Bertz CT molecular complexity index is 482. The summed E-state index contributed by atoms with van der Waals surface area (Å²) >= 11 is 0. The van der Waals surface area contributed by atoms with Gasteiger partial charge >= 0.3 is 0 Å². The zero-order valence-corrected chi connectivity index (χ0v) is 12.4. The van der Waals surface area contributed by atoms with Crippen LogP contribution in [0.25, 0.3) is 0 Å². The molecule has 1 saturated carbocycles. The van der Waals surface area contributed by atoms with Crippen molar-refractivity contribution in [1.29, 1.82) is 0 Å². The van der Waals surface area contributed by atoms with Crippen LogP contribution in [0.2, 0.25) is 0 Å². The molecule has 2 atom stereocenters. The lowest BCUT2D eigenvalue weighted by atomic mass is 10.1. The van der Waals surface area contributed by atoms with Crippen molar-refractivity contribution >= 4 is 11.7 Å². The Kier molecular flexibility index (Phi) is 4.39. The number of pyridine rings is 1. The van der Waals surface area contributed by atoms with Gasteiger partial charge in [-0.1, -0.05) is 6.07 Å². The van der Waals surface area contributed by atoms with E-state index in [9.17, 15) is 4.79 Å². The SMILES string of the molecule is NC1CCC(C(=O)NCc2ccc(N3CCCC3)nc2)C1. The van der Waals surface area contributed by atoms with Crippen LogP contribution in [-0.2, 0) is 11.3 Å². The van der Waals surface area contributed by atoms with Gasteiger partial charge < -0.3 is 16.0 Å². The van der Waals surface area contributed by atoms with E-state index in [1.165, 1.54) is 12.8 Å². The molecule has 2 aliphatic rings. The number of hydrogen-bond acceptors (Lipinski definition) is 4. The molecule has 0 bridgehead atoms. The monoisotopic (exact) mass is 288 g/mol. The molecule has 0 radical (unpaired) electrons. The number of carbonyl (C=O) groups is 1. The van der Waals surface area contributed by atoms with Crippen LogP contribution >= 0.6 is 0 Å². The van der Waals surface area contributed by atoms with E-state index in [4.69, 9.17) is 5.73 Å². The van der Waals surface area contributed by atoms with Crippen LogP contribution < -0.4 is 16.0 Å². The fraction of sp³-hybridized carbons (Fsp3) is 0.625. The normalized spacial score (nSPS) is 25.3. The maximum Gasteiger partial charge on any atom is 0.223 e. The number of amides is 1.